The van der Waals surface area contributed by atoms with Gasteiger partial charge in [0.05, 0.1) is 12.2 Å². The number of hydrogen-bond donors (Lipinski definition) is 2. The van der Waals surface area contributed by atoms with Crippen LogP contribution in [0.4, 0.5) is 0 Å². The van der Waals surface area contributed by atoms with Crippen LogP contribution in [0.1, 0.15) is 27.2 Å². The summed E-state index contributed by atoms with van der Waals surface area (Å²) in [7, 11) is 0. The van der Waals surface area contributed by atoms with Crippen LogP contribution >= 0.6 is 0 Å². The maximum absolute atomic E-state index is 11.3. The van der Waals surface area contributed by atoms with Gasteiger partial charge in [-0.25, -0.2) is 0 Å². The Balaban J connectivity index is 2.77. The Morgan fingerprint density at radius 3 is 2.54 bits per heavy atom. The molecule has 1 aliphatic heterocycles. The number of primary amides is 1. The first-order valence-electron chi connectivity index (χ1n) is 4.61. The highest BCUT2D eigenvalue weighted by Gasteiger charge is 2.48. The molecule has 0 spiro atoms. The zero-order valence-electron chi connectivity index (χ0n) is 8.52. The van der Waals surface area contributed by atoms with Gasteiger partial charge in [0.15, 0.2) is 0 Å². The lowest BCUT2D eigenvalue weighted by molar-refractivity contribution is -0.124. The number of hydrogen-bond acceptors (Lipinski definition) is 3. The molecule has 1 heterocycles. The predicted octanol–water partition coefficient (Wildman–Crippen LogP) is 0.0189. The average molecular weight is 186 g/mol. The summed E-state index contributed by atoms with van der Waals surface area (Å²) in [6, 6.07) is 0. The van der Waals surface area contributed by atoms with Crippen molar-refractivity contribution in [3.8, 4) is 0 Å². The topological polar surface area (TPSA) is 64.3 Å². The van der Waals surface area contributed by atoms with Crippen molar-refractivity contribution in [3.63, 3.8) is 0 Å². The average Bonchev–Trinajstić information content (AvgIpc) is 2.28. The van der Waals surface area contributed by atoms with E-state index >= 15 is 0 Å². The van der Waals surface area contributed by atoms with Gasteiger partial charge in [0.25, 0.3) is 0 Å². The third-order valence-electron chi connectivity index (χ3n) is 2.42. The minimum absolute atomic E-state index is 0.253. The van der Waals surface area contributed by atoms with Crippen LogP contribution < -0.4 is 11.1 Å². The van der Waals surface area contributed by atoms with E-state index in [1.165, 1.54) is 0 Å². The van der Waals surface area contributed by atoms with Gasteiger partial charge < -0.3 is 15.8 Å². The number of nitrogens with two attached hydrogens (primary N) is 1. The van der Waals surface area contributed by atoms with E-state index in [1.54, 1.807) is 0 Å². The molecule has 1 unspecified atom stereocenters. The molecule has 0 radical (unpaired) electrons. The predicted molar refractivity (Wildman–Crippen MR) is 50.3 cm³/mol. The molecule has 0 saturated carbocycles. The van der Waals surface area contributed by atoms with Gasteiger partial charge in [-0.2, -0.15) is 0 Å². The standard InChI is InChI=1S/C9H18N2O2/c1-4-11-9(7(10)12)5-8(2,3)13-6-9/h11H,4-6H2,1-3H3,(H2,10,12). The van der Waals surface area contributed by atoms with Crippen LogP contribution in [0.2, 0.25) is 0 Å². The van der Waals surface area contributed by atoms with Crippen molar-refractivity contribution in [2.45, 2.75) is 38.3 Å². The quantitative estimate of drug-likeness (QED) is 0.653. The molecule has 3 N–H and O–H groups in total. The van der Waals surface area contributed by atoms with Crippen molar-refractivity contribution >= 4 is 5.91 Å². The zero-order chi connectivity index (χ0) is 10.1. The molecule has 1 rings (SSSR count). The molecule has 4 heteroatoms. The molecule has 0 bridgehead atoms. The highest BCUT2D eigenvalue weighted by Crippen LogP contribution is 2.32. The molecule has 1 aliphatic rings. The second kappa shape index (κ2) is 3.27. The van der Waals surface area contributed by atoms with E-state index in [9.17, 15) is 4.79 Å². The van der Waals surface area contributed by atoms with Crippen molar-refractivity contribution in [3.05, 3.63) is 0 Å². The fourth-order valence-electron chi connectivity index (χ4n) is 1.84. The van der Waals surface area contributed by atoms with E-state index in [1.807, 2.05) is 20.8 Å². The Hall–Kier alpha value is -0.610. The molecule has 0 aromatic carbocycles. The number of carbonyl (C=O) groups excluding carboxylic acids is 1. The van der Waals surface area contributed by atoms with E-state index in [0.717, 1.165) is 6.54 Å². The minimum atomic E-state index is -0.655. The van der Waals surface area contributed by atoms with Gasteiger partial charge in [0.1, 0.15) is 5.54 Å². The summed E-state index contributed by atoms with van der Waals surface area (Å²) in [6.07, 6.45) is 0.642. The number of ether oxygens (including phenoxy) is 1. The Morgan fingerprint density at radius 2 is 2.23 bits per heavy atom. The SMILES string of the molecule is CCNC1(C(N)=O)COC(C)(C)C1. The molecule has 1 saturated heterocycles. The first-order chi connectivity index (χ1) is 5.92. The van der Waals surface area contributed by atoms with Crippen LogP contribution in [0.3, 0.4) is 0 Å². The lowest BCUT2D eigenvalue weighted by Crippen LogP contribution is -2.56. The lowest BCUT2D eigenvalue weighted by atomic mass is 9.90. The highest BCUT2D eigenvalue weighted by atomic mass is 16.5. The molecular weight excluding hydrogens is 168 g/mol. The van der Waals surface area contributed by atoms with Gasteiger partial charge in [-0.15, -0.1) is 0 Å². The van der Waals surface area contributed by atoms with E-state index in [0.29, 0.717) is 13.0 Å². The highest BCUT2D eigenvalue weighted by molar-refractivity contribution is 5.85. The molecule has 76 valence electrons. The molecule has 0 aromatic rings. The Morgan fingerprint density at radius 1 is 1.62 bits per heavy atom. The van der Waals surface area contributed by atoms with Crippen molar-refractivity contribution < 1.29 is 9.53 Å². The van der Waals surface area contributed by atoms with Crippen molar-refractivity contribution in [2.24, 2.45) is 5.73 Å². The van der Waals surface area contributed by atoms with E-state index in [-0.39, 0.29) is 11.5 Å². The van der Waals surface area contributed by atoms with Crippen LogP contribution in [-0.2, 0) is 9.53 Å². The summed E-state index contributed by atoms with van der Waals surface area (Å²) in [5.74, 6) is -0.320. The van der Waals surface area contributed by atoms with Crippen molar-refractivity contribution in [2.75, 3.05) is 13.2 Å². The number of amides is 1. The summed E-state index contributed by atoms with van der Waals surface area (Å²) in [5.41, 5.74) is 4.45. The third-order valence-corrected chi connectivity index (χ3v) is 2.42. The Labute approximate surface area is 78.8 Å². The largest absolute Gasteiger partial charge is 0.373 e. The maximum atomic E-state index is 11.3. The second-order valence-electron chi connectivity index (χ2n) is 4.20. The number of carbonyl (C=O) groups is 1. The minimum Gasteiger partial charge on any atom is -0.373 e. The molecular formula is C9H18N2O2. The molecule has 1 atom stereocenters. The van der Waals surface area contributed by atoms with E-state index in [2.05, 4.69) is 5.32 Å². The fourth-order valence-corrected chi connectivity index (χ4v) is 1.84. The van der Waals surface area contributed by atoms with Crippen molar-refractivity contribution in [1.29, 1.82) is 0 Å². The van der Waals surface area contributed by atoms with E-state index in [4.69, 9.17) is 10.5 Å². The van der Waals surface area contributed by atoms with Gasteiger partial charge in [0.2, 0.25) is 5.91 Å². The lowest BCUT2D eigenvalue weighted by Gasteiger charge is -2.25. The Kier molecular flexibility index (Phi) is 2.63. The summed E-state index contributed by atoms with van der Waals surface area (Å²) < 4.78 is 5.51. The van der Waals surface area contributed by atoms with Crippen molar-refractivity contribution in [1.82, 2.24) is 5.32 Å². The Bertz CT molecular complexity index is 216. The van der Waals surface area contributed by atoms with Crippen LogP contribution in [0, 0.1) is 0 Å². The fraction of sp³-hybridized carbons (Fsp3) is 0.889. The van der Waals surface area contributed by atoms with Gasteiger partial charge >= 0.3 is 0 Å². The molecule has 13 heavy (non-hydrogen) atoms. The van der Waals surface area contributed by atoms with Gasteiger partial charge in [-0.05, 0) is 20.4 Å². The molecule has 4 nitrogen and oxygen atoms in total. The summed E-state index contributed by atoms with van der Waals surface area (Å²) in [6.45, 7) is 6.99. The number of nitrogens with one attached hydrogen (secondary N) is 1. The van der Waals surface area contributed by atoms with Gasteiger partial charge in [0, 0.05) is 6.42 Å². The van der Waals surface area contributed by atoms with Crippen LogP contribution in [0.5, 0.6) is 0 Å². The van der Waals surface area contributed by atoms with Crippen LogP contribution in [0.15, 0.2) is 0 Å². The molecule has 1 fully saturated rings. The monoisotopic (exact) mass is 186 g/mol. The van der Waals surface area contributed by atoms with Crippen LogP contribution in [-0.4, -0.2) is 30.2 Å². The normalized spacial score (nSPS) is 31.9. The second-order valence-corrected chi connectivity index (χ2v) is 4.20. The maximum Gasteiger partial charge on any atom is 0.240 e. The first-order valence-corrected chi connectivity index (χ1v) is 4.61. The van der Waals surface area contributed by atoms with Crippen LogP contribution in [0.25, 0.3) is 0 Å². The zero-order valence-corrected chi connectivity index (χ0v) is 8.52. The summed E-state index contributed by atoms with van der Waals surface area (Å²) in [4.78, 5) is 11.3. The smallest absolute Gasteiger partial charge is 0.240 e. The van der Waals surface area contributed by atoms with E-state index < -0.39 is 5.54 Å². The summed E-state index contributed by atoms with van der Waals surface area (Å²) in [5, 5.41) is 3.11. The number of rotatable bonds is 3. The van der Waals surface area contributed by atoms with Gasteiger partial charge in [-0.3, -0.25) is 4.79 Å². The molecule has 0 aliphatic carbocycles. The molecule has 1 amide bonds. The molecule has 0 aromatic heterocycles. The summed E-state index contributed by atoms with van der Waals surface area (Å²) >= 11 is 0. The third kappa shape index (κ3) is 2.00. The first kappa shape index (κ1) is 10.5. The number of likely N-dealkylation sites (N-methyl/N-ethyl adjacent to an activating group) is 1. The van der Waals surface area contributed by atoms with Gasteiger partial charge in [-0.1, -0.05) is 6.92 Å².